The van der Waals surface area contributed by atoms with Gasteiger partial charge in [0.25, 0.3) is 5.91 Å². The molecule has 150 valence electrons. The maximum absolute atomic E-state index is 12.9. The number of hydrogen-bond donors (Lipinski definition) is 1. The number of methoxy groups -OCH3 is 1. The lowest BCUT2D eigenvalue weighted by molar-refractivity contribution is 0.0746. The first kappa shape index (κ1) is 19.0. The second-order valence-electron chi connectivity index (χ2n) is 7.10. The molecule has 0 aliphatic carbocycles. The molecule has 0 radical (unpaired) electrons. The molecule has 1 aromatic heterocycles. The van der Waals surface area contributed by atoms with Crippen molar-refractivity contribution < 1.29 is 9.53 Å². The van der Waals surface area contributed by atoms with Crippen molar-refractivity contribution >= 4 is 28.6 Å². The number of nitrogens with one attached hydrogen (secondary N) is 1. The van der Waals surface area contributed by atoms with Gasteiger partial charge in [-0.25, -0.2) is 4.98 Å². The summed E-state index contributed by atoms with van der Waals surface area (Å²) in [5.74, 6) is 2.27. The number of nitrogens with zero attached hydrogens (tertiary/aromatic N) is 4. The Morgan fingerprint density at radius 3 is 2.55 bits per heavy atom. The summed E-state index contributed by atoms with van der Waals surface area (Å²) in [6, 6.07) is 13.6. The fourth-order valence-electron chi connectivity index (χ4n) is 3.64. The maximum atomic E-state index is 12.9. The Morgan fingerprint density at radius 2 is 1.83 bits per heavy atom. The van der Waals surface area contributed by atoms with E-state index < -0.39 is 0 Å². The van der Waals surface area contributed by atoms with Gasteiger partial charge in [-0.3, -0.25) is 4.79 Å². The van der Waals surface area contributed by atoms with Crippen LogP contribution in [0.15, 0.2) is 42.5 Å². The van der Waals surface area contributed by atoms with Crippen molar-refractivity contribution in [2.24, 2.45) is 0 Å². The zero-order valence-electron chi connectivity index (χ0n) is 17.0. The second kappa shape index (κ2) is 7.95. The van der Waals surface area contributed by atoms with Crippen LogP contribution in [-0.4, -0.2) is 61.1 Å². The summed E-state index contributed by atoms with van der Waals surface area (Å²) in [7, 11) is 3.49. The third-order valence-electron chi connectivity index (χ3n) is 5.33. The van der Waals surface area contributed by atoms with Crippen molar-refractivity contribution in [1.29, 1.82) is 0 Å². The van der Waals surface area contributed by atoms with E-state index in [4.69, 9.17) is 9.72 Å². The molecule has 1 fully saturated rings. The summed E-state index contributed by atoms with van der Waals surface area (Å²) in [6.45, 7) is 4.60. The number of benzene rings is 2. The molecule has 1 saturated heterocycles. The number of ether oxygens (including phenoxy) is 1. The maximum Gasteiger partial charge on any atom is 0.254 e. The zero-order valence-corrected chi connectivity index (χ0v) is 17.0. The molecule has 7 heteroatoms. The normalized spacial score (nSPS) is 14.2. The van der Waals surface area contributed by atoms with Gasteiger partial charge in [-0.2, -0.15) is 4.98 Å². The number of piperazine rings is 1. The standard InChI is InChI=1S/C22H25N5O2/c1-15-8-9-16(14-19(15)29-3)21(28)26-10-12-27(13-11-26)22-24-18-7-5-4-6-17(18)20(23-2)25-22/h4-9,14H,10-13H2,1-3H3,(H,23,24,25). The van der Waals surface area contributed by atoms with Crippen LogP contribution >= 0.6 is 0 Å². The number of hydrogen-bond acceptors (Lipinski definition) is 6. The molecule has 0 spiro atoms. The molecule has 1 N–H and O–H groups in total. The lowest BCUT2D eigenvalue weighted by Gasteiger charge is -2.35. The highest BCUT2D eigenvalue weighted by Gasteiger charge is 2.24. The highest BCUT2D eigenvalue weighted by molar-refractivity contribution is 5.95. The van der Waals surface area contributed by atoms with Crippen molar-refractivity contribution in [3.8, 4) is 5.75 Å². The van der Waals surface area contributed by atoms with Crippen molar-refractivity contribution in [3.05, 3.63) is 53.6 Å². The van der Waals surface area contributed by atoms with Gasteiger partial charge in [-0.1, -0.05) is 18.2 Å². The lowest BCUT2D eigenvalue weighted by atomic mass is 10.1. The predicted molar refractivity (Wildman–Crippen MR) is 115 cm³/mol. The van der Waals surface area contributed by atoms with Crippen molar-refractivity contribution in [2.45, 2.75) is 6.92 Å². The van der Waals surface area contributed by atoms with E-state index in [0.29, 0.717) is 37.7 Å². The average Bonchev–Trinajstić information content (AvgIpc) is 2.78. The Morgan fingerprint density at radius 1 is 1.07 bits per heavy atom. The quantitative estimate of drug-likeness (QED) is 0.737. The SMILES string of the molecule is CNc1nc(N2CCN(C(=O)c3ccc(C)c(OC)c3)CC2)nc2ccccc12. The van der Waals surface area contributed by atoms with Gasteiger partial charge in [0.2, 0.25) is 5.95 Å². The monoisotopic (exact) mass is 391 g/mol. The van der Waals surface area contributed by atoms with Crippen molar-refractivity contribution in [3.63, 3.8) is 0 Å². The molecule has 0 bridgehead atoms. The highest BCUT2D eigenvalue weighted by atomic mass is 16.5. The summed E-state index contributed by atoms with van der Waals surface area (Å²) < 4.78 is 5.35. The molecule has 1 aliphatic heterocycles. The molecule has 1 amide bonds. The Hall–Kier alpha value is -3.35. The van der Waals surface area contributed by atoms with Crippen LogP contribution in [0.25, 0.3) is 10.9 Å². The van der Waals surface area contributed by atoms with Gasteiger partial charge in [0.05, 0.1) is 12.6 Å². The van der Waals surface area contributed by atoms with E-state index in [2.05, 4.69) is 15.2 Å². The molecular formula is C22H25N5O2. The Balaban J connectivity index is 1.49. The highest BCUT2D eigenvalue weighted by Crippen LogP contribution is 2.24. The van der Waals surface area contributed by atoms with E-state index in [0.717, 1.165) is 28.0 Å². The van der Waals surface area contributed by atoms with Crippen molar-refractivity contribution in [2.75, 3.05) is 50.6 Å². The molecule has 7 nitrogen and oxygen atoms in total. The van der Waals surface area contributed by atoms with E-state index in [1.807, 2.05) is 61.3 Å². The van der Waals surface area contributed by atoms with Gasteiger partial charge >= 0.3 is 0 Å². The third-order valence-corrected chi connectivity index (χ3v) is 5.33. The smallest absolute Gasteiger partial charge is 0.254 e. The van der Waals surface area contributed by atoms with Gasteiger partial charge in [0, 0.05) is 44.2 Å². The molecule has 29 heavy (non-hydrogen) atoms. The first-order valence-corrected chi connectivity index (χ1v) is 9.74. The van der Waals surface area contributed by atoms with E-state index >= 15 is 0 Å². The fraction of sp³-hybridized carbons (Fsp3) is 0.318. The lowest BCUT2D eigenvalue weighted by Crippen LogP contribution is -2.49. The minimum absolute atomic E-state index is 0.0262. The minimum Gasteiger partial charge on any atom is -0.496 e. The van der Waals surface area contributed by atoms with Crippen LogP contribution in [0.3, 0.4) is 0 Å². The van der Waals surface area contributed by atoms with Crippen LogP contribution in [0.4, 0.5) is 11.8 Å². The molecule has 0 unspecified atom stereocenters. The second-order valence-corrected chi connectivity index (χ2v) is 7.10. The predicted octanol–water partition coefficient (Wildman–Crippen LogP) is 2.95. The zero-order chi connectivity index (χ0) is 20.4. The van der Waals surface area contributed by atoms with Gasteiger partial charge in [-0.05, 0) is 36.8 Å². The van der Waals surface area contributed by atoms with Crippen LogP contribution < -0.4 is 15.0 Å². The van der Waals surface area contributed by atoms with Crippen LogP contribution in [0.1, 0.15) is 15.9 Å². The van der Waals surface area contributed by atoms with Gasteiger partial charge < -0.3 is 19.9 Å². The Labute approximate surface area is 170 Å². The minimum atomic E-state index is 0.0262. The number of aryl methyl sites for hydroxylation is 1. The van der Waals surface area contributed by atoms with E-state index in [1.165, 1.54) is 0 Å². The third kappa shape index (κ3) is 3.68. The number of carbonyl (C=O) groups excluding carboxylic acids is 1. The van der Waals surface area contributed by atoms with E-state index in [9.17, 15) is 4.79 Å². The summed E-state index contributed by atoms with van der Waals surface area (Å²) in [4.78, 5) is 26.3. The van der Waals surface area contributed by atoms with Crippen molar-refractivity contribution in [1.82, 2.24) is 14.9 Å². The average molecular weight is 391 g/mol. The van der Waals surface area contributed by atoms with Gasteiger partial charge in [0.1, 0.15) is 11.6 Å². The van der Waals surface area contributed by atoms with Crippen LogP contribution in [0.5, 0.6) is 5.75 Å². The Bertz CT molecular complexity index is 1040. The Kier molecular flexibility index (Phi) is 5.20. The first-order chi connectivity index (χ1) is 14.1. The summed E-state index contributed by atoms with van der Waals surface area (Å²) in [6.07, 6.45) is 0. The van der Waals surface area contributed by atoms with Gasteiger partial charge in [0.15, 0.2) is 0 Å². The molecule has 0 saturated carbocycles. The number of aromatic nitrogens is 2. The number of para-hydroxylation sites is 1. The first-order valence-electron chi connectivity index (χ1n) is 9.74. The largest absolute Gasteiger partial charge is 0.496 e. The number of carbonyl (C=O) groups is 1. The number of amides is 1. The van der Waals surface area contributed by atoms with Gasteiger partial charge in [-0.15, -0.1) is 0 Å². The summed E-state index contributed by atoms with van der Waals surface area (Å²) in [5.41, 5.74) is 2.58. The topological polar surface area (TPSA) is 70.6 Å². The molecule has 2 aromatic carbocycles. The molecule has 1 aliphatic rings. The number of anilines is 2. The molecule has 0 atom stereocenters. The summed E-state index contributed by atoms with van der Waals surface area (Å²) in [5, 5.41) is 4.16. The molecule has 3 aromatic rings. The molecule has 2 heterocycles. The van der Waals surface area contributed by atoms with E-state index in [1.54, 1.807) is 7.11 Å². The van der Waals surface area contributed by atoms with Crippen LogP contribution in [-0.2, 0) is 0 Å². The molecular weight excluding hydrogens is 366 g/mol. The van der Waals surface area contributed by atoms with E-state index in [-0.39, 0.29) is 5.91 Å². The fourth-order valence-corrected chi connectivity index (χ4v) is 3.64. The molecule has 4 rings (SSSR count). The van der Waals surface area contributed by atoms with Crippen LogP contribution in [0, 0.1) is 6.92 Å². The number of rotatable bonds is 4. The van der Waals surface area contributed by atoms with Crippen LogP contribution in [0.2, 0.25) is 0 Å². The number of fused-ring (bicyclic) bond motifs is 1. The summed E-state index contributed by atoms with van der Waals surface area (Å²) >= 11 is 0.